The minimum Gasteiger partial charge on any atom is -0.481 e. The first-order chi connectivity index (χ1) is 16.2. The van der Waals surface area contributed by atoms with E-state index in [-0.39, 0.29) is 23.6 Å². The molecule has 0 atom stereocenters. The van der Waals surface area contributed by atoms with Gasteiger partial charge in [0.1, 0.15) is 12.4 Å². The third-order valence-electron chi connectivity index (χ3n) is 4.89. The predicted molar refractivity (Wildman–Crippen MR) is 141 cm³/mol. The number of nitro groups is 1. The molecule has 0 amide bonds. The lowest BCUT2D eigenvalue weighted by Crippen LogP contribution is -2.20. The molecule has 172 valence electrons. The van der Waals surface area contributed by atoms with E-state index >= 15 is 0 Å². The van der Waals surface area contributed by atoms with Gasteiger partial charge in [-0.25, -0.2) is 4.98 Å². The summed E-state index contributed by atoms with van der Waals surface area (Å²) in [5.41, 5.74) is 1.15. The molecular weight excluding hydrogens is 636 g/mol. The molecule has 4 rings (SSSR count). The Balaban J connectivity index is 1.74. The summed E-state index contributed by atoms with van der Waals surface area (Å²) in [5.74, 6) is 0.427. The molecule has 0 bridgehead atoms. The zero-order valence-corrected chi connectivity index (χ0v) is 22.3. The number of para-hydroxylation sites is 1. The minimum atomic E-state index is -0.518. The fraction of sp³-hybridized carbons (Fsp3) is 0.0870. The van der Waals surface area contributed by atoms with Gasteiger partial charge in [-0.15, -0.1) is 0 Å². The Morgan fingerprint density at radius 2 is 1.85 bits per heavy atom. The maximum Gasteiger partial charge on any atom is 0.311 e. The number of rotatable bonds is 6. The SMILES string of the molecule is Cc1nc2ccc(Br)cc2c(=O)n1N=Cc1cccc([N+](=O)[O-])c1OCc1ccc(Br)cc1Br. The first-order valence-corrected chi connectivity index (χ1v) is 12.2. The molecule has 0 saturated carbocycles. The Bertz CT molecular complexity index is 1520. The van der Waals surface area contributed by atoms with Crippen molar-refractivity contribution in [1.29, 1.82) is 0 Å². The molecule has 0 unspecified atom stereocenters. The molecule has 34 heavy (non-hydrogen) atoms. The maximum absolute atomic E-state index is 13.0. The van der Waals surface area contributed by atoms with E-state index in [9.17, 15) is 14.9 Å². The van der Waals surface area contributed by atoms with Crippen molar-refractivity contribution in [2.45, 2.75) is 13.5 Å². The van der Waals surface area contributed by atoms with Crippen molar-refractivity contribution < 1.29 is 9.66 Å². The van der Waals surface area contributed by atoms with Gasteiger partial charge in [-0.2, -0.15) is 9.78 Å². The van der Waals surface area contributed by atoms with Crippen molar-refractivity contribution >= 4 is 70.6 Å². The molecule has 8 nitrogen and oxygen atoms in total. The molecule has 0 fully saturated rings. The van der Waals surface area contributed by atoms with Gasteiger partial charge in [0.2, 0.25) is 5.75 Å². The number of benzene rings is 3. The summed E-state index contributed by atoms with van der Waals surface area (Å²) in [6.45, 7) is 1.75. The van der Waals surface area contributed by atoms with Crippen molar-refractivity contribution in [2.75, 3.05) is 0 Å². The second-order valence-electron chi connectivity index (χ2n) is 7.16. The molecule has 0 aliphatic rings. The summed E-state index contributed by atoms with van der Waals surface area (Å²) in [6, 6.07) is 15.3. The molecule has 0 spiro atoms. The van der Waals surface area contributed by atoms with Gasteiger partial charge in [-0.1, -0.05) is 59.9 Å². The largest absolute Gasteiger partial charge is 0.481 e. The fourth-order valence-corrected chi connectivity index (χ4v) is 4.77. The lowest BCUT2D eigenvalue weighted by Gasteiger charge is -2.11. The van der Waals surface area contributed by atoms with Crippen LogP contribution in [0.15, 0.2) is 77.9 Å². The monoisotopic (exact) mass is 648 g/mol. The highest BCUT2D eigenvalue weighted by atomic mass is 79.9. The van der Waals surface area contributed by atoms with E-state index in [1.165, 1.54) is 18.3 Å². The van der Waals surface area contributed by atoms with Crippen LogP contribution in [0.25, 0.3) is 10.9 Å². The first kappa shape index (κ1) is 24.2. The molecule has 3 aromatic carbocycles. The Labute approximate surface area is 218 Å². The Hall–Kier alpha value is -2.89. The normalized spacial score (nSPS) is 11.3. The van der Waals surface area contributed by atoms with Crippen molar-refractivity contribution in [3.63, 3.8) is 0 Å². The summed E-state index contributed by atoms with van der Waals surface area (Å²) >= 11 is 10.2. The molecule has 0 saturated heterocycles. The molecule has 0 radical (unpaired) electrons. The molecule has 0 N–H and O–H groups in total. The highest BCUT2D eigenvalue weighted by Gasteiger charge is 2.19. The van der Waals surface area contributed by atoms with Crippen molar-refractivity contribution in [3.8, 4) is 5.75 Å². The molecule has 1 heterocycles. The predicted octanol–water partition coefficient (Wildman–Crippen LogP) is 6.36. The van der Waals surface area contributed by atoms with Gasteiger partial charge in [0.05, 0.1) is 22.0 Å². The van der Waals surface area contributed by atoms with Crippen molar-refractivity contribution in [1.82, 2.24) is 9.66 Å². The van der Waals surface area contributed by atoms with E-state index in [0.29, 0.717) is 22.3 Å². The number of fused-ring (bicyclic) bond motifs is 1. The summed E-state index contributed by atoms with van der Waals surface area (Å²) in [6.07, 6.45) is 1.36. The van der Waals surface area contributed by atoms with Crippen LogP contribution in [0.3, 0.4) is 0 Å². The molecule has 4 aromatic rings. The van der Waals surface area contributed by atoms with Gasteiger partial charge in [-0.05, 0) is 43.3 Å². The van der Waals surface area contributed by atoms with E-state index in [4.69, 9.17) is 4.74 Å². The topological polar surface area (TPSA) is 99.6 Å². The standard InChI is InChI=1S/C23H15Br3N4O4/c1-13-28-20-8-7-16(24)9-18(20)23(31)29(13)27-11-14-3-2-4-21(30(32)33)22(14)34-12-15-5-6-17(25)10-19(15)26/h2-11H,12H2,1H3. The average molecular weight is 651 g/mol. The lowest BCUT2D eigenvalue weighted by atomic mass is 10.2. The summed E-state index contributed by atoms with van der Waals surface area (Å²) in [7, 11) is 0. The second-order valence-corrected chi connectivity index (χ2v) is 9.84. The van der Waals surface area contributed by atoms with E-state index < -0.39 is 4.92 Å². The number of hydrogen-bond donors (Lipinski definition) is 0. The third-order valence-corrected chi connectivity index (χ3v) is 6.62. The van der Waals surface area contributed by atoms with Gasteiger partial charge in [0.25, 0.3) is 5.56 Å². The molecule has 1 aromatic heterocycles. The summed E-state index contributed by atoms with van der Waals surface area (Å²) < 4.78 is 9.47. The molecular formula is C23H15Br3N4O4. The van der Waals surface area contributed by atoms with E-state index in [1.54, 1.807) is 31.2 Å². The smallest absolute Gasteiger partial charge is 0.311 e. The molecule has 11 heteroatoms. The zero-order valence-electron chi connectivity index (χ0n) is 17.5. The van der Waals surface area contributed by atoms with Gasteiger partial charge >= 0.3 is 5.69 Å². The number of nitro benzene ring substituents is 1. The number of aromatic nitrogens is 2. The van der Waals surface area contributed by atoms with Crippen LogP contribution in [-0.4, -0.2) is 20.8 Å². The van der Waals surface area contributed by atoms with Crippen LogP contribution < -0.4 is 10.3 Å². The van der Waals surface area contributed by atoms with Gasteiger partial charge in [0.15, 0.2) is 0 Å². The molecule has 0 aliphatic heterocycles. The summed E-state index contributed by atoms with van der Waals surface area (Å²) in [5, 5.41) is 16.3. The van der Waals surface area contributed by atoms with E-state index in [0.717, 1.165) is 23.7 Å². The first-order valence-electron chi connectivity index (χ1n) is 9.82. The minimum absolute atomic E-state index is 0.0493. The van der Waals surface area contributed by atoms with Crippen LogP contribution >= 0.6 is 47.8 Å². The molecule has 0 aliphatic carbocycles. The van der Waals surface area contributed by atoms with Crippen LogP contribution in [0.5, 0.6) is 5.75 Å². The summed E-state index contributed by atoms with van der Waals surface area (Å²) in [4.78, 5) is 28.6. The second kappa shape index (κ2) is 10.2. The maximum atomic E-state index is 13.0. The highest BCUT2D eigenvalue weighted by Crippen LogP contribution is 2.32. The third kappa shape index (κ3) is 5.11. The van der Waals surface area contributed by atoms with Gasteiger partial charge in [-0.3, -0.25) is 14.9 Å². The average Bonchev–Trinajstić information content (AvgIpc) is 2.79. The number of halogens is 3. The van der Waals surface area contributed by atoms with Crippen LogP contribution in [0, 0.1) is 17.0 Å². The quantitative estimate of drug-likeness (QED) is 0.137. The lowest BCUT2D eigenvalue weighted by molar-refractivity contribution is -0.385. The van der Waals surface area contributed by atoms with Crippen LogP contribution in [0.2, 0.25) is 0 Å². The van der Waals surface area contributed by atoms with Gasteiger partial charge in [0, 0.05) is 30.6 Å². The van der Waals surface area contributed by atoms with Gasteiger partial charge < -0.3 is 4.74 Å². The Kier molecular flexibility index (Phi) is 7.24. The van der Waals surface area contributed by atoms with E-state index in [1.807, 2.05) is 18.2 Å². The van der Waals surface area contributed by atoms with Crippen LogP contribution in [-0.2, 0) is 6.61 Å². The fourth-order valence-electron chi connectivity index (χ4n) is 3.25. The number of nitrogens with zero attached hydrogens (tertiary/aromatic N) is 4. The van der Waals surface area contributed by atoms with Crippen molar-refractivity contribution in [3.05, 3.63) is 105 Å². The van der Waals surface area contributed by atoms with E-state index in [2.05, 4.69) is 57.9 Å². The number of ether oxygens (including phenoxy) is 1. The van der Waals surface area contributed by atoms with Crippen LogP contribution in [0.1, 0.15) is 17.0 Å². The Morgan fingerprint density at radius 3 is 2.59 bits per heavy atom. The number of aryl methyl sites for hydroxylation is 1. The zero-order chi connectivity index (χ0) is 24.4. The Morgan fingerprint density at radius 1 is 1.12 bits per heavy atom. The number of hydrogen-bond acceptors (Lipinski definition) is 6. The van der Waals surface area contributed by atoms with Crippen molar-refractivity contribution in [2.24, 2.45) is 5.10 Å². The van der Waals surface area contributed by atoms with Crippen LogP contribution in [0.4, 0.5) is 5.69 Å². The highest BCUT2D eigenvalue weighted by molar-refractivity contribution is 9.11.